The molecule has 0 unspecified atom stereocenters. The number of aryl methyl sites for hydroxylation is 2. The lowest BCUT2D eigenvalue weighted by Gasteiger charge is -2.22. The average molecular weight is 531 g/mol. The Kier molecular flexibility index (Phi) is 10.0. The van der Waals surface area contributed by atoms with E-state index in [1.807, 2.05) is 53.7 Å². The van der Waals surface area contributed by atoms with Crippen molar-refractivity contribution >= 4 is 20.0 Å². The summed E-state index contributed by atoms with van der Waals surface area (Å²) < 4.78 is 52.7. The fraction of sp³-hybridized carbons (Fsp3) is 0.357. The van der Waals surface area contributed by atoms with Crippen LogP contribution in [-0.2, 0) is 20.0 Å². The Morgan fingerprint density at radius 2 is 1.08 bits per heavy atom. The third-order valence-electron chi connectivity index (χ3n) is 5.77. The van der Waals surface area contributed by atoms with E-state index in [-0.39, 0.29) is 0 Å². The maximum Gasteiger partial charge on any atom is 0.243 e. The van der Waals surface area contributed by atoms with Gasteiger partial charge in [-0.1, -0.05) is 70.8 Å². The molecule has 0 amide bonds. The van der Waals surface area contributed by atoms with Crippen LogP contribution in [0.2, 0.25) is 0 Å². The minimum atomic E-state index is -3.50. The lowest BCUT2D eigenvalue weighted by Crippen LogP contribution is -2.33. The summed E-state index contributed by atoms with van der Waals surface area (Å²) in [5.74, 6) is 0. The monoisotopic (exact) mass is 530 g/mol. The molecule has 2 aromatic rings. The van der Waals surface area contributed by atoms with E-state index in [9.17, 15) is 16.8 Å². The largest absolute Gasteiger partial charge is 0.243 e. The second kappa shape index (κ2) is 12.1. The lowest BCUT2D eigenvalue weighted by atomic mass is 10.2. The van der Waals surface area contributed by atoms with Gasteiger partial charge in [0.25, 0.3) is 0 Å². The molecule has 0 saturated carbocycles. The predicted molar refractivity (Wildman–Crippen MR) is 148 cm³/mol. The van der Waals surface area contributed by atoms with E-state index in [0.717, 1.165) is 33.4 Å². The van der Waals surface area contributed by atoms with Gasteiger partial charge in [-0.3, -0.25) is 0 Å². The van der Waals surface area contributed by atoms with E-state index in [2.05, 4.69) is 13.2 Å². The van der Waals surface area contributed by atoms with Gasteiger partial charge in [0, 0.05) is 26.2 Å². The van der Waals surface area contributed by atoms with Crippen LogP contribution >= 0.6 is 0 Å². The van der Waals surface area contributed by atoms with E-state index in [1.165, 1.54) is 8.61 Å². The van der Waals surface area contributed by atoms with Crippen molar-refractivity contribution in [3.05, 3.63) is 95.1 Å². The second-order valence-corrected chi connectivity index (χ2v) is 13.5. The van der Waals surface area contributed by atoms with Crippen LogP contribution in [0.3, 0.4) is 0 Å². The summed E-state index contributed by atoms with van der Waals surface area (Å²) in [5, 5.41) is 0. The Labute approximate surface area is 217 Å². The molecular weight excluding hydrogens is 492 g/mol. The minimum Gasteiger partial charge on any atom is -0.207 e. The predicted octanol–water partition coefficient (Wildman–Crippen LogP) is 5.47. The smallest absolute Gasteiger partial charge is 0.207 e. The van der Waals surface area contributed by atoms with Crippen LogP contribution in [0.5, 0.6) is 0 Å². The van der Waals surface area contributed by atoms with Crippen LogP contribution in [0.1, 0.15) is 38.8 Å². The Morgan fingerprint density at radius 3 is 1.44 bits per heavy atom. The van der Waals surface area contributed by atoms with Crippen LogP contribution in [0, 0.1) is 13.8 Å². The lowest BCUT2D eigenvalue weighted by molar-refractivity contribution is 0.460. The molecule has 0 radical (unpaired) electrons. The first kappa shape index (κ1) is 29.7. The third kappa shape index (κ3) is 7.74. The number of rotatable bonds is 8. The van der Waals surface area contributed by atoms with E-state index in [4.69, 9.17) is 0 Å². The van der Waals surface area contributed by atoms with Crippen LogP contribution in [-0.4, -0.2) is 51.6 Å². The highest BCUT2D eigenvalue weighted by atomic mass is 32.2. The number of hydrogen-bond acceptors (Lipinski definition) is 4. The van der Waals surface area contributed by atoms with Crippen molar-refractivity contribution in [3.63, 3.8) is 0 Å². The van der Waals surface area contributed by atoms with Crippen molar-refractivity contribution in [2.24, 2.45) is 0 Å². The molecule has 1 heterocycles. The van der Waals surface area contributed by atoms with Gasteiger partial charge in [-0.25, -0.2) is 16.8 Å². The Hall–Kier alpha value is -2.52. The molecule has 3 rings (SSSR count). The maximum atomic E-state index is 12.6. The maximum absolute atomic E-state index is 12.6. The average Bonchev–Trinajstić information content (AvgIpc) is 3.13. The number of hydrogen-bond donors (Lipinski definition) is 0. The molecule has 1 aliphatic heterocycles. The first-order valence-corrected chi connectivity index (χ1v) is 14.6. The molecule has 1 aliphatic rings. The van der Waals surface area contributed by atoms with Gasteiger partial charge in [0.15, 0.2) is 0 Å². The number of sulfonamides is 2. The highest BCUT2D eigenvalue weighted by Gasteiger charge is 2.29. The first-order valence-electron chi connectivity index (χ1n) is 11.7. The normalized spacial score (nSPS) is 14.5. The summed E-state index contributed by atoms with van der Waals surface area (Å²) in [6.45, 7) is 20.7. The summed E-state index contributed by atoms with van der Waals surface area (Å²) >= 11 is 0. The molecule has 0 fully saturated rings. The highest BCUT2D eigenvalue weighted by molar-refractivity contribution is 7.89. The zero-order valence-corrected chi connectivity index (χ0v) is 23.8. The Balaban J connectivity index is 0.000000255. The van der Waals surface area contributed by atoms with Crippen molar-refractivity contribution in [1.82, 2.24) is 8.61 Å². The minimum absolute atomic E-state index is 0.306. The molecule has 36 heavy (non-hydrogen) atoms. The third-order valence-corrected chi connectivity index (χ3v) is 9.38. The first-order chi connectivity index (χ1) is 16.6. The standard InChI is InChI=1S/C15H21NO2S.C13H17NO2S/c1-12(2)10-16(11-13(3)4)19(17,18)15-8-6-14(5)7-9-15;1-10-4-6-13(7-5-10)17(15,16)14-8-11(2)12(3)9-14/h6-9H,1,3,10-11H2,2,4-5H3;4-7H,8-9H2,1-3H3. The molecule has 0 atom stereocenters. The molecule has 0 aromatic heterocycles. The fourth-order valence-corrected chi connectivity index (χ4v) is 6.64. The summed E-state index contributed by atoms with van der Waals surface area (Å²) in [6, 6.07) is 13.9. The SMILES string of the molecule is C=C(C)CN(CC(=C)C)S(=O)(=O)c1ccc(C)cc1.CC1=C(C)CN(S(=O)(=O)c2ccc(C)cc2)C1. The van der Waals surface area contributed by atoms with E-state index < -0.39 is 20.0 Å². The Bertz CT molecular complexity index is 1310. The highest BCUT2D eigenvalue weighted by Crippen LogP contribution is 2.24. The van der Waals surface area contributed by atoms with Gasteiger partial charge in [-0.05, 0) is 65.8 Å². The van der Waals surface area contributed by atoms with E-state index >= 15 is 0 Å². The van der Waals surface area contributed by atoms with Gasteiger partial charge >= 0.3 is 0 Å². The van der Waals surface area contributed by atoms with Crippen molar-refractivity contribution in [2.45, 2.75) is 51.3 Å². The second-order valence-electron chi connectivity index (χ2n) is 9.65. The van der Waals surface area contributed by atoms with Crippen molar-refractivity contribution in [2.75, 3.05) is 26.2 Å². The van der Waals surface area contributed by atoms with Gasteiger partial charge in [-0.15, -0.1) is 0 Å². The quantitative estimate of drug-likeness (QED) is 0.424. The van der Waals surface area contributed by atoms with Crippen molar-refractivity contribution in [3.8, 4) is 0 Å². The number of nitrogens with zero attached hydrogens (tertiary/aromatic N) is 2. The van der Waals surface area contributed by atoms with Crippen LogP contribution in [0.4, 0.5) is 0 Å². The van der Waals surface area contributed by atoms with Gasteiger partial charge in [0.1, 0.15) is 0 Å². The molecular formula is C28H38N2O4S2. The van der Waals surface area contributed by atoms with Crippen molar-refractivity contribution in [1.29, 1.82) is 0 Å². The number of benzene rings is 2. The summed E-state index contributed by atoms with van der Waals surface area (Å²) in [4.78, 5) is 0.686. The molecule has 196 valence electrons. The molecule has 0 aliphatic carbocycles. The van der Waals surface area contributed by atoms with Crippen LogP contribution in [0.15, 0.2) is 93.8 Å². The topological polar surface area (TPSA) is 74.8 Å². The van der Waals surface area contributed by atoms with E-state index in [1.54, 1.807) is 36.4 Å². The van der Waals surface area contributed by atoms with Gasteiger partial charge < -0.3 is 0 Å². The van der Waals surface area contributed by atoms with Gasteiger partial charge in [-0.2, -0.15) is 8.61 Å². The van der Waals surface area contributed by atoms with Crippen LogP contribution in [0.25, 0.3) is 0 Å². The summed E-state index contributed by atoms with van der Waals surface area (Å²) in [5.41, 5.74) is 6.01. The van der Waals surface area contributed by atoms with Gasteiger partial charge in [0.2, 0.25) is 20.0 Å². The molecule has 2 aromatic carbocycles. The molecule has 0 saturated heterocycles. The molecule has 8 heteroatoms. The van der Waals surface area contributed by atoms with Crippen molar-refractivity contribution < 1.29 is 16.8 Å². The summed E-state index contributed by atoms with van der Waals surface area (Å²) in [7, 11) is -6.83. The zero-order valence-electron chi connectivity index (χ0n) is 22.2. The summed E-state index contributed by atoms with van der Waals surface area (Å²) in [6.07, 6.45) is 0. The van der Waals surface area contributed by atoms with E-state index in [0.29, 0.717) is 36.0 Å². The zero-order chi connectivity index (χ0) is 27.3. The molecule has 0 N–H and O–H groups in total. The van der Waals surface area contributed by atoms with Gasteiger partial charge in [0.05, 0.1) is 9.79 Å². The molecule has 0 bridgehead atoms. The molecule has 0 spiro atoms. The molecule has 6 nitrogen and oxygen atoms in total. The fourth-order valence-electron chi connectivity index (χ4n) is 3.57. The van der Waals surface area contributed by atoms with Crippen LogP contribution < -0.4 is 0 Å². The Morgan fingerprint density at radius 1 is 0.722 bits per heavy atom.